The summed E-state index contributed by atoms with van der Waals surface area (Å²) in [5, 5.41) is 9.49. The molecule has 0 fully saturated rings. The van der Waals surface area contributed by atoms with Crippen molar-refractivity contribution >= 4 is 0 Å². The number of aliphatic hydroxyl groups excluding tert-OH is 1. The van der Waals surface area contributed by atoms with E-state index in [1.165, 1.54) is 0 Å². The number of nitrogens with two attached hydrogens (primary N) is 1. The maximum atomic E-state index is 9.49. The van der Waals surface area contributed by atoms with E-state index in [1.54, 1.807) is 0 Å². The van der Waals surface area contributed by atoms with Gasteiger partial charge in [0.2, 0.25) is 0 Å². The van der Waals surface area contributed by atoms with Gasteiger partial charge < -0.3 is 15.7 Å². The van der Waals surface area contributed by atoms with Crippen molar-refractivity contribution in [3.8, 4) is 0 Å². The first kappa shape index (κ1) is 12.9. The lowest BCUT2D eigenvalue weighted by Crippen LogP contribution is -2.36. The van der Waals surface area contributed by atoms with Crippen LogP contribution in [0.2, 0.25) is 0 Å². The maximum absolute atomic E-state index is 9.49. The summed E-state index contributed by atoms with van der Waals surface area (Å²) in [7, 11) is 2.03. The molecule has 0 aliphatic carbocycles. The summed E-state index contributed by atoms with van der Waals surface area (Å²) in [4.78, 5) is 2.15. The molecule has 1 unspecified atom stereocenters. The third kappa shape index (κ3) is 8.22. The first-order chi connectivity index (χ1) is 5.85. The minimum Gasteiger partial charge on any atom is -0.392 e. The molecule has 0 rings (SSSR count). The Morgan fingerprint density at radius 2 is 1.92 bits per heavy atom. The molecule has 1 atom stereocenters. The van der Waals surface area contributed by atoms with Gasteiger partial charge >= 0.3 is 0 Å². The van der Waals surface area contributed by atoms with Crippen LogP contribution in [0.15, 0.2) is 0 Å². The highest BCUT2D eigenvalue weighted by atomic mass is 16.3. The van der Waals surface area contributed by atoms with Crippen molar-refractivity contribution in [2.24, 2.45) is 11.1 Å². The van der Waals surface area contributed by atoms with Crippen molar-refractivity contribution in [1.82, 2.24) is 4.90 Å². The van der Waals surface area contributed by atoms with Crippen LogP contribution in [0.5, 0.6) is 0 Å². The molecule has 0 aromatic heterocycles. The van der Waals surface area contributed by atoms with Crippen LogP contribution in [-0.2, 0) is 0 Å². The second-order valence-corrected chi connectivity index (χ2v) is 4.99. The third-order valence-electron chi connectivity index (χ3n) is 1.77. The molecule has 0 aromatic rings. The summed E-state index contributed by atoms with van der Waals surface area (Å²) in [6.45, 7) is 8.85. The van der Waals surface area contributed by atoms with Gasteiger partial charge in [0.15, 0.2) is 0 Å². The van der Waals surface area contributed by atoms with E-state index >= 15 is 0 Å². The van der Waals surface area contributed by atoms with Gasteiger partial charge in [-0.05, 0) is 25.4 Å². The Bertz CT molecular complexity index is 131. The highest BCUT2D eigenvalue weighted by molar-refractivity contribution is 4.69. The molecule has 0 bridgehead atoms. The van der Waals surface area contributed by atoms with Crippen molar-refractivity contribution in [3.63, 3.8) is 0 Å². The Labute approximate surface area is 81.9 Å². The standard InChI is InChI=1S/C10H24N2O/c1-10(2,3)8-12(4)7-9(13)5-6-11/h9,13H,5-8,11H2,1-4H3. The Kier molecular flexibility index (Phi) is 5.53. The average molecular weight is 188 g/mol. The molecule has 0 aliphatic heterocycles. The van der Waals surface area contributed by atoms with Gasteiger partial charge in [0.1, 0.15) is 0 Å². The maximum Gasteiger partial charge on any atom is 0.0679 e. The zero-order chi connectivity index (χ0) is 10.5. The first-order valence-electron chi connectivity index (χ1n) is 4.92. The van der Waals surface area contributed by atoms with Gasteiger partial charge in [0.25, 0.3) is 0 Å². The van der Waals surface area contributed by atoms with Crippen LogP contribution in [0.25, 0.3) is 0 Å². The highest BCUT2D eigenvalue weighted by Gasteiger charge is 2.15. The monoisotopic (exact) mass is 188 g/mol. The predicted octanol–water partition coefficient (Wildman–Crippen LogP) is 0.674. The van der Waals surface area contributed by atoms with Gasteiger partial charge in [-0.15, -0.1) is 0 Å². The summed E-state index contributed by atoms with van der Waals surface area (Å²) in [6.07, 6.45) is 0.409. The van der Waals surface area contributed by atoms with Crippen LogP contribution >= 0.6 is 0 Å². The summed E-state index contributed by atoms with van der Waals surface area (Å²) in [5.74, 6) is 0. The molecule has 13 heavy (non-hydrogen) atoms. The van der Waals surface area contributed by atoms with Crippen LogP contribution in [0.3, 0.4) is 0 Å². The molecular weight excluding hydrogens is 164 g/mol. The summed E-state index contributed by atoms with van der Waals surface area (Å²) in [5.41, 5.74) is 5.64. The van der Waals surface area contributed by atoms with E-state index < -0.39 is 0 Å². The molecule has 3 nitrogen and oxygen atoms in total. The zero-order valence-electron chi connectivity index (χ0n) is 9.38. The van der Waals surface area contributed by atoms with Crippen molar-refractivity contribution in [1.29, 1.82) is 0 Å². The largest absolute Gasteiger partial charge is 0.392 e. The van der Waals surface area contributed by atoms with E-state index in [0.29, 0.717) is 19.5 Å². The van der Waals surface area contributed by atoms with Gasteiger partial charge in [-0.2, -0.15) is 0 Å². The lowest BCUT2D eigenvalue weighted by atomic mass is 9.96. The molecule has 3 heteroatoms. The van der Waals surface area contributed by atoms with Gasteiger partial charge in [0, 0.05) is 13.1 Å². The number of likely N-dealkylation sites (N-methyl/N-ethyl adjacent to an activating group) is 1. The van der Waals surface area contributed by atoms with Crippen LogP contribution in [-0.4, -0.2) is 42.8 Å². The minimum absolute atomic E-state index is 0.280. The molecule has 0 saturated carbocycles. The van der Waals surface area contributed by atoms with Crippen LogP contribution < -0.4 is 5.73 Å². The second kappa shape index (κ2) is 5.58. The quantitative estimate of drug-likeness (QED) is 0.667. The summed E-state index contributed by atoms with van der Waals surface area (Å²) in [6, 6.07) is 0. The fraction of sp³-hybridized carbons (Fsp3) is 1.00. The van der Waals surface area contributed by atoms with Gasteiger partial charge in [0.05, 0.1) is 6.10 Å². The van der Waals surface area contributed by atoms with Crippen LogP contribution in [0.4, 0.5) is 0 Å². The number of aliphatic hydroxyl groups is 1. The molecular formula is C10H24N2O. The predicted molar refractivity (Wildman–Crippen MR) is 56.6 cm³/mol. The van der Waals surface area contributed by atoms with Crippen molar-refractivity contribution < 1.29 is 5.11 Å². The van der Waals surface area contributed by atoms with Gasteiger partial charge in [-0.3, -0.25) is 0 Å². The highest BCUT2D eigenvalue weighted by Crippen LogP contribution is 2.14. The molecule has 0 spiro atoms. The van der Waals surface area contributed by atoms with Crippen LogP contribution in [0.1, 0.15) is 27.2 Å². The first-order valence-corrected chi connectivity index (χ1v) is 4.92. The molecule has 0 heterocycles. The molecule has 0 radical (unpaired) electrons. The lowest BCUT2D eigenvalue weighted by molar-refractivity contribution is 0.103. The van der Waals surface area contributed by atoms with E-state index in [4.69, 9.17) is 5.73 Å². The fourth-order valence-corrected chi connectivity index (χ4v) is 1.52. The number of hydrogen-bond donors (Lipinski definition) is 2. The summed E-state index contributed by atoms with van der Waals surface area (Å²) >= 11 is 0. The Hall–Kier alpha value is -0.120. The fourth-order valence-electron chi connectivity index (χ4n) is 1.52. The lowest BCUT2D eigenvalue weighted by Gasteiger charge is -2.28. The average Bonchev–Trinajstić information content (AvgIpc) is 1.81. The van der Waals surface area contributed by atoms with Crippen molar-refractivity contribution in [2.45, 2.75) is 33.3 Å². The second-order valence-electron chi connectivity index (χ2n) is 4.99. The number of nitrogens with zero attached hydrogens (tertiary/aromatic N) is 1. The van der Waals surface area contributed by atoms with E-state index in [2.05, 4.69) is 25.7 Å². The van der Waals surface area contributed by atoms with E-state index in [1.807, 2.05) is 7.05 Å². The van der Waals surface area contributed by atoms with Crippen LogP contribution in [0, 0.1) is 5.41 Å². The van der Waals surface area contributed by atoms with Gasteiger partial charge in [-0.1, -0.05) is 20.8 Å². The third-order valence-corrected chi connectivity index (χ3v) is 1.77. The van der Waals surface area contributed by atoms with E-state index in [-0.39, 0.29) is 11.5 Å². The molecule has 0 saturated heterocycles. The van der Waals surface area contributed by atoms with E-state index in [0.717, 1.165) is 6.54 Å². The van der Waals surface area contributed by atoms with Gasteiger partial charge in [-0.25, -0.2) is 0 Å². The Balaban J connectivity index is 3.67. The molecule has 80 valence electrons. The number of hydrogen-bond acceptors (Lipinski definition) is 3. The summed E-state index contributed by atoms with van der Waals surface area (Å²) < 4.78 is 0. The molecule has 0 amide bonds. The number of rotatable bonds is 5. The molecule has 0 aromatic carbocycles. The SMILES string of the molecule is CN(CC(O)CCN)CC(C)(C)C. The smallest absolute Gasteiger partial charge is 0.0679 e. The topological polar surface area (TPSA) is 49.5 Å². The zero-order valence-corrected chi connectivity index (χ0v) is 9.38. The normalized spacial score (nSPS) is 15.0. The van der Waals surface area contributed by atoms with E-state index in [9.17, 15) is 5.11 Å². The van der Waals surface area contributed by atoms with Crippen molar-refractivity contribution in [3.05, 3.63) is 0 Å². The van der Waals surface area contributed by atoms with Crippen molar-refractivity contribution in [2.75, 3.05) is 26.7 Å². The Morgan fingerprint density at radius 3 is 2.31 bits per heavy atom. The Morgan fingerprint density at radius 1 is 1.38 bits per heavy atom. The molecule has 3 N–H and O–H groups in total. The molecule has 0 aliphatic rings. The minimum atomic E-state index is -0.280.